The van der Waals surface area contributed by atoms with Crippen LogP contribution in [0.3, 0.4) is 0 Å². The number of benzene rings is 1. The second kappa shape index (κ2) is 6.39. The predicted molar refractivity (Wildman–Crippen MR) is 96.6 cm³/mol. The van der Waals surface area contributed by atoms with Gasteiger partial charge in [-0.05, 0) is 35.9 Å². The molecule has 0 bridgehead atoms. The van der Waals surface area contributed by atoms with Crippen molar-refractivity contribution in [2.75, 3.05) is 11.4 Å². The van der Waals surface area contributed by atoms with Crippen LogP contribution in [0, 0.1) is 11.7 Å². The fourth-order valence-electron chi connectivity index (χ4n) is 3.13. The molecule has 2 heterocycles. The Kier molecular flexibility index (Phi) is 4.51. The number of amides is 3. The van der Waals surface area contributed by atoms with E-state index in [1.807, 2.05) is 13.8 Å². The van der Waals surface area contributed by atoms with Gasteiger partial charge in [0.2, 0.25) is 16.7 Å². The van der Waals surface area contributed by atoms with Crippen molar-refractivity contribution in [2.45, 2.75) is 32.6 Å². The molecule has 1 atom stereocenters. The average molecular weight is 378 g/mol. The van der Waals surface area contributed by atoms with E-state index in [2.05, 4.69) is 10.4 Å². The van der Waals surface area contributed by atoms with E-state index in [9.17, 15) is 18.8 Å². The lowest BCUT2D eigenvalue weighted by atomic mass is 10.1. The molecule has 9 heteroatoms. The third-order valence-corrected chi connectivity index (χ3v) is 5.25. The molecule has 1 aromatic rings. The number of halogens is 1. The van der Waals surface area contributed by atoms with Crippen molar-refractivity contribution in [1.29, 1.82) is 0 Å². The van der Waals surface area contributed by atoms with E-state index < -0.39 is 16.6 Å². The van der Waals surface area contributed by atoms with Gasteiger partial charge >= 0.3 is 0 Å². The van der Waals surface area contributed by atoms with E-state index in [0.29, 0.717) is 17.8 Å². The van der Waals surface area contributed by atoms with Crippen LogP contribution < -0.4 is 10.2 Å². The number of rotatable bonds is 2. The molecular weight excluding hydrogens is 359 g/mol. The van der Waals surface area contributed by atoms with E-state index >= 15 is 0 Å². The normalized spacial score (nSPS) is 21.5. The molecule has 0 fully saturated rings. The average Bonchev–Trinajstić information content (AvgIpc) is 3.00. The number of nitrogens with one attached hydrogen (secondary N) is 1. The highest BCUT2D eigenvalue weighted by atomic mass is 32.2. The van der Waals surface area contributed by atoms with Crippen molar-refractivity contribution in [3.8, 4) is 0 Å². The monoisotopic (exact) mass is 378 g/mol. The molecule has 7 nitrogen and oxygen atoms in total. The first-order valence-corrected chi connectivity index (χ1v) is 8.96. The highest BCUT2D eigenvalue weighted by Crippen LogP contribution is 2.54. The molecule has 0 unspecified atom stereocenters. The summed E-state index contributed by atoms with van der Waals surface area (Å²) in [5.74, 6) is -1.58. The van der Waals surface area contributed by atoms with Gasteiger partial charge < -0.3 is 10.2 Å². The number of fused-ring (bicyclic) bond motifs is 2. The largest absolute Gasteiger partial charge is 0.309 e. The fourth-order valence-corrected chi connectivity index (χ4v) is 4.45. The summed E-state index contributed by atoms with van der Waals surface area (Å²) in [7, 11) is 0. The zero-order valence-corrected chi connectivity index (χ0v) is 15.7. The number of thioether (sulfide) groups is 1. The van der Waals surface area contributed by atoms with Crippen LogP contribution in [0.25, 0.3) is 0 Å². The summed E-state index contributed by atoms with van der Waals surface area (Å²) in [6.07, 6.45) is 0. The lowest BCUT2D eigenvalue weighted by Gasteiger charge is -2.29. The summed E-state index contributed by atoms with van der Waals surface area (Å²) in [6.45, 7) is 6.93. The maximum absolute atomic E-state index is 14.0. The number of amidine groups is 1. The van der Waals surface area contributed by atoms with Crippen LogP contribution in [0.2, 0.25) is 0 Å². The predicted octanol–water partition coefficient (Wildman–Crippen LogP) is 1.98. The number of hydrazone groups is 1. The Labute approximate surface area is 154 Å². The summed E-state index contributed by atoms with van der Waals surface area (Å²) in [6, 6.07) is 4.07. The number of nitrogens with zero attached hydrogens (tertiary/aromatic N) is 3. The summed E-state index contributed by atoms with van der Waals surface area (Å²) in [5, 5.41) is 7.79. The van der Waals surface area contributed by atoms with Gasteiger partial charge in [-0.3, -0.25) is 14.4 Å². The first kappa shape index (κ1) is 18.4. The minimum Gasteiger partial charge on any atom is -0.309 e. The van der Waals surface area contributed by atoms with E-state index in [1.54, 1.807) is 4.90 Å². The summed E-state index contributed by atoms with van der Waals surface area (Å²) in [5.41, 5.74) is 0.899. The minimum absolute atomic E-state index is 0.127. The van der Waals surface area contributed by atoms with Crippen LogP contribution in [0.1, 0.15) is 33.3 Å². The third-order valence-electron chi connectivity index (χ3n) is 4.01. The van der Waals surface area contributed by atoms with Crippen LogP contribution in [0.4, 0.5) is 10.1 Å². The van der Waals surface area contributed by atoms with Gasteiger partial charge in [-0.1, -0.05) is 13.8 Å². The van der Waals surface area contributed by atoms with Gasteiger partial charge in [0.05, 0.1) is 5.69 Å². The second-order valence-corrected chi connectivity index (χ2v) is 7.82. The molecule has 0 saturated carbocycles. The molecule has 0 aliphatic carbocycles. The molecule has 2 aliphatic heterocycles. The number of carbonyl (C=O) groups excluding carboxylic acids is 3. The highest BCUT2D eigenvalue weighted by Gasteiger charge is 2.61. The Hall–Kier alpha value is -2.42. The molecule has 1 spiro atoms. The standard InChI is InChI=1S/C17H19FN4O3S/c1-9(2)8-21-14-6-5-12(18)7-13(14)17(15(21)25)22(11(4)24)20-16(26-17)19-10(3)23/h5-7,9H,8H2,1-4H3,(H,19,20,23)/t17-/m0/s1. The van der Waals surface area contributed by atoms with Gasteiger partial charge in [-0.25, -0.2) is 4.39 Å². The maximum atomic E-state index is 14.0. The molecule has 26 heavy (non-hydrogen) atoms. The first-order chi connectivity index (χ1) is 12.2. The van der Waals surface area contributed by atoms with Crippen molar-refractivity contribution in [3.63, 3.8) is 0 Å². The van der Waals surface area contributed by atoms with Gasteiger partial charge in [0.15, 0.2) is 5.17 Å². The molecule has 0 saturated heterocycles. The van der Waals surface area contributed by atoms with Gasteiger partial charge in [-0.15, -0.1) is 5.10 Å². The van der Waals surface area contributed by atoms with Crippen LogP contribution in [0.5, 0.6) is 0 Å². The highest BCUT2D eigenvalue weighted by molar-refractivity contribution is 8.15. The quantitative estimate of drug-likeness (QED) is 0.853. The fraction of sp³-hybridized carbons (Fsp3) is 0.412. The number of hydrogen-bond acceptors (Lipinski definition) is 5. The summed E-state index contributed by atoms with van der Waals surface area (Å²) < 4.78 is 14.0. The molecule has 3 amide bonds. The van der Waals surface area contributed by atoms with Crippen molar-refractivity contribution in [3.05, 3.63) is 29.6 Å². The van der Waals surface area contributed by atoms with Crippen LogP contribution in [-0.4, -0.2) is 34.4 Å². The van der Waals surface area contributed by atoms with Crippen molar-refractivity contribution in [2.24, 2.45) is 11.0 Å². The van der Waals surface area contributed by atoms with Gasteiger partial charge in [0.1, 0.15) is 5.82 Å². The Morgan fingerprint density at radius 3 is 2.62 bits per heavy atom. The topological polar surface area (TPSA) is 82.1 Å². The lowest BCUT2D eigenvalue weighted by molar-refractivity contribution is -0.139. The van der Waals surface area contributed by atoms with Crippen LogP contribution in [0.15, 0.2) is 23.3 Å². The van der Waals surface area contributed by atoms with Gasteiger partial charge in [0, 0.05) is 26.0 Å². The maximum Gasteiger partial charge on any atom is 0.270 e. The molecule has 1 N–H and O–H groups in total. The Bertz CT molecular complexity index is 841. The van der Waals surface area contributed by atoms with Crippen LogP contribution >= 0.6 is 11.8 Å². The Morgan fingerprint density at radius 1 is 1.35 bits per heavy atom. The Balaban J connectivity index is 2.16. The van der Waals surface area contributed by atoms with E-state index in [0.717, 1.165) is 16.8 Å². The number of anilines is 1. The minimum atomic E-state index is -1.55. The van der Waals surface area contributed by atoms with E-state index in [-0.39, 0.29) is 22.9 Å². The van der Waals surface area contributed by atoms with Crippen LogP contribution in [-0.2, 0) is 19.3 Å². The number of hydrogen-bond donors (Lipinski definition) is 1. The van der Waals surface area contributed by atoms with Gasteiger partial charge in [0.25, 0.3) is 5.91 Å². The van der Waals surface area contributed by atoms with Crippen molar-refractivity contribution in [1.82, 2.24) is 10.3 Å². The smallest absolute Gasteiger partial charge is 0.270 e. The van der Waals surface area contributed by atoms with Crippen molar-refractivity contribution < 1.29 is 18.8 Å². The van der Waals surface area contributed by atoms with Crippen molar-refractivity contribution >= 4 is 40.3 Å². The third kappa shape index (κ3) is 2.76. The molecule has 138 valence electrons. The number of carbonyl (C=O) groups is 3. The Morgan fingerprint density at radius 2 is 2.04 bits per heavy atom. The van der Waals surface area contributed by atoms with Gasteiger partial charge in [-0.2, -0.15) is 5.01 Å². The molecule has 0 aromatic heterocycles. The lowest BCUT2D eigenvalue weighted by Crippen LogP contribution is -2.49. The molecular formula is C17H19FN4O3S. The summed E-state index contributed by atoms with van der Waals surface area (Å²) >= 11 is 0.941. The van der Waals surface area contributed by atoms with E-state index in [4.69, 9.17) is 0 Å². The SMILES string of the molecule is CC(=O)NC1=NN(C(C)=O)[C@@]2(S1)C(=O)N(CC(C)C)c1ccc(F)cc12. The summed E-state index contributed by atoms with van der Waals surface area (Å²) in [4.78, 5) is 37.0. The zero-order valence-electron chi connectivity index (χ0n) is 14.9. The zero-order chi connectivity index (χ0) is 19.2. The first-order valence-electron chi connectivity index (χ1n) is 8.14. The molecule has 0 radical (unpaired) electrons. The second-order valence-electron chi connectivity index (χ2n) is 6.63. The van der Waals surface area contributed by atoms with E-state index in [1.165, 1.54) is 32.0 Å². The molecule has 2 aliphatic rings. The molecule has 3 rings (SSSR count). The molecule has 1 aromatic carbocycles.